The van der Waals surface area contributed by atoms with Gasteiger partial charge in [-0.1, -0.05) is 0 Å². The van der Waals surface area contributed by atoms with Crippen molar-refractivity contribution in [2.75, 3.05) is 6.61 Å². The molecule has 94 valence electrons. The van der Waals surface area contributed by atoms with Gasteiger partial charge < -0.3 is 10.4 Å². The number of rotatable bonds is 5. The van der Waals surface area contributed by atoms with Gasteiger partial charge in [0.1, 0.15) is 10.9 Å². The van der Waals surface area contributed by atoms with Crippen molar-refractivity contribution in [1.29, 1.82) is 5.26 Å². The first-order valence-electron chi connectivity index (χ1n) is 5.63. The maximum atomic E-state index is 9.03. The number of hydrogen-bond acceptors (Lipinski definition) is 4. The van der Waals surface area contributed by atoms with Gasteiger partial charge >= 0.3 is 0 Å². The minimum Gasteiger partial charge on any atom is -0.396 e. The van der Waals surface area contributed by atoms with Crippen LogP contribution in [0.3, 0.4) is 0 Å². The summed E-state index contributed by atoms with van der Waals surface area (Å²) < 4.78 is 0. The molecule has 0 amide bonds. The Bertz CT molecular complexity index is 395. The minimum absolute atomic E-state index is 0. The van der Waals surface area contributed by atoms with Crippen LogP contribution in [0.15, 0.2) is 12.1 Å². The van der Waals surface area contributed by atoms with Gasteiger partial charge in [0.25, 0.3) is 0 Å². The Balaban J connectivity index is 0.00000144. The zero-order valence-electron chi connectivity index (χ0n) is 9.61. The highest BCUT2D eigenvalue weighted by Gasteiger charge is 2.35. The van der Waals surface area contributed by atoms with Crippen LogP contribution < -0.4 is 5.32 Å². The second kappa shape index (κ2) is 6.36. The molecule has 0 saturated heterocycles. The average molecular weight is 273 g/mol. The fourth-order valence-corrected chi connectivity index (χ4v) is 2.88. The first-order chi connectivity index (χ1) is 7.78. The van der Waals surface area contributed by atoms with Crippen molar-refractivity contribution in [2.24, 2.45) is 0 Å². The molecule has 1 aromatic heterocycles. The summed E-state index contributed by atoms with van der Waals surface area (Å²) in [6.45, 7) is 1.06. The van der Waals surface area contributed by atoms with Gasteiger partial charge in [-0.25, -0.2) is 0 Å². The van der Waals surface area contributed by atoms with E-state index in [1.807, 2.05) is 12.1 Å². The summed E-state index contributed by atoms with van der Waals surface area (Å²) in [5.41, 5.74) is 0.158. The molecule has 0 unspecified atom stereocenters. The van der Waals surface area contributed by atoms with Crippen molar-refractivity contribution in [3.63, 3.8) is 0 Å². The third kappa shape index (κ3) is 3.43. The molecule has 0 aliphatic heterocycles. The molecule has 17 heavy (non-hydrogen) atoms. The van der Waals surface area contributed by atoms with Gasteiger partial charge in [0.15, 0.2) is 0 Å². The molecule has 1 fully saturated rings. The molecule has 0 bridgehead atoms. The largest absolute Gasteiger partial charge is 0.396 e. The summed E-state index contributed by atoms with van der Waals surface area (Å²) in [7, 11) is 0. The van der Waals surface area contributed by atoms with E-state index in [4.69, 9.17) is 10.4 Å². The maximum absolute atomic E-state index is 9.03. The summed E-state index contributed by atoms with van der Waals surface area (Å²) in [6, 6.07) is 6.01. The molecule has 1 saturated carbocycles. The van der Waals surface area contributed by atoms with Crippen LogP contribution in [0.2, 0.25) is 0 Å². The number of thiophene rings is 1. The fourth-order valence-electron chi connectivity index (χ4n) is 2.14. The zero-order valence-corrected chi connectivity index (χ0v) is 11.2. The summed E-state index contributed by atoms with van der Waals surface area (Å²) in [6.07, 6.45) is 4.40. The van der Waals surface area contributed by atoms with Gasteiger partial charge in [0, 0.05) is 23.6 Å². The molecule has 5 heteroatoms. The lowest BCUT2D eigenvalue weighted by Crippen LogP contribution is -2.51. The summed E-state index contributed by atoms with van der Waals surface area (Å²) in [5, 5.41) is 21.3. The van der Waals surface area contributed by atoms with E-state index in [1.165, 1.54) is 11.3 Å². The predicted molar refractivity (Wildman–Crippen MR) is 71.4 cm³/mol. The summed E-state index contributed by atoms with van der Waals surface area (Å²) in [4.78, 5) is 1.96. The lowest BCUT2D eigenvalue weighted by atomic mass is 9.74. The lowest BCUT2D eigenvalue weighted by molar-refractivity contribution is 0.130. The van der Waals surface area contributed by atoms with Crippen LogP contribution in [-0.4, -0.2) is 17.3 Å². The van der Waals surface area contributed by atoms with E-state index in [0.717, 1.165) is 30.7 Å². The smallest absolute Gasteiger partial charge is 0.110 e. The Morgan fingerprint density at radius 2 is 2.24 bits per heavy atom. The van der Waals surface area contributed by atoms with Gasteiger partial charge in [-0.2, -0.15) is 5.26 Å². The maximum Gasteiger partial charge on any atom is 0.110 e. The van der Waals surface area contributed by atoms with Crippen LogP contribution in [0.25, 0.3) is 0 Å². The van der Waals surface area contributed by atoms with Gasteiger partial charge in [-0.15, -0.1) is 23.7 Å². The Hall–Kier alpha value is -0.600. The zero-order chi connectivity index (χ0) is 11.4. The normalized spacial score (nSPS) is 16.7. The van der Waals surface area contributed by atoms with E-state index in [1.54, 1.807) is 11.3 Å². The standard InChI is InChI=1S/C12H16N2OS.ClH/c13-8-10-2-3-11(16-10)9-14-12(6-7-15)4-1-5-12;/h2-3,14-15H,1,4-7,9H2;1H. The Kier molecular flexibility index (Phi) is 5.41. The molecule has 2 rings (SSSR count). The number of nitrogens with one attached hydrogen (secondary N) is 1. The molecule has 1 heterocycles. The van der Waals surface area contributed by atoms with Gasteiger partial charge in [0.2, 0.25) is 0 Å². The van der Waals surface area contributed by atoms with E-state index >= 15 is 0 Å². The first kappa shape index (κ1) is 14.5. The molecule has 0 aromatic carbocycles. The molecule has 1 aromatic rings. The monoisotopic (exact) mass is 272 g/mol. The van der Waals surface area contributed by atoms with Crippen LogP contribution >= 0.6 is 23.7 Å². The molecule has 2 N–H and O–H groups in total. The van der Waals surface area contributed by atoms with E-state index in [2.05, 4.69) is 11.4 Å². The third-order valence-electron chi connectivity index (χ3n) is 3.31. The number of nitriles is 1. The van der Waals surface area contributed by atoms with Gasteiger partial charge in [-0.05, 0) is 37.8 Å². The highest BCUT2D eigenvalue weighted by Crippen LogP contribution is 2.35. The molecular formula is C12H17ClN2OS. The minimum atomic E-state index is 0. The first-order valence-corrected chi connectivity index (χ1v) is 6.44. The Labute approximate surface area is 112 Å². The fraction of sp³-hybridized carbons (Fsp3) is 0.583. The molecular weight excluding hydrogens is 256 g/mol. The van der Waals surface area contributed by atoms with Crippen molar-refractivity contribution in [3.05, 3.63) is 21.9 Å². The summed E-state index contributed by atoms with van der Waals surface area (Å²) in [5.74, 6) is 0. The van der Waals surface area contributed by atoms with Crippen molar-refractivity contribution in [2.45, 2.75) is 37.8 Å². The lowest BCUT2D eigenvalue weighted by Gasteiger charge is -2.42. The van der Waals surface area contributed by atoms with Gasteiger partial charge in [-0.3, -0.25) is 0 Å². The SMILES string of the molecule is Cl.N#Cc1ccc(CNC2(CCO)CCC2)s1. The van der Waals surface area contributed by atoms with Crippen LogP contribution in [-0.2, 0) is 6.54 Å². The molecule has 0 spiro atoms. The summed E-state index contributed by atoms with van der Waals surface area (Å²) >= 11 is 1.54. The van der Waals surface area contributed by atoms with Crippen molar-refractivity contribution in [3.8, 4) is 6.07 Å². The van der Waals surface area contributed by atoms with E-state index in [9.17, 15) is 0 Å². The number of nitrogens with zero attached hydrogens (tertiary/aromatic N) is 1. The van der Waals surface area contributed by atoms with E-state index < -0.39 is 0 Å². The van der Waals surface area contributed by atoms with Crippen LogP contribution in [0.5, 0.6) is 0 Å². The molecule has 3 nitrogen and oxygen atoms in total. The molecule has 1 aliphatic carbocycles. The van der Waals surface area contributed by atoms with Crippen LogP contribution in [0, 0.1) is 11.3 Å². The second-order valence-corrected chi connectivity index (χ2v) is 5.51. The highest BCUT2D eigenvalue weighted by atomic mass is 35.5. The van der Waals surface area contributed by atoms with Crippen LogP contribution in [0.1, 0.15) is 35.4 Å². The molecule has 1 aliphatic rings. The van der Waals surface area contributed by atoms with Crippen molar-refractivity contribution < 1.29 is 5.11 Å². The van der Waals surface area contributed by atoms with Crippen molar-refractivity contribution in [1.82, 2.24) is 5.32 Å². The highest BCUT2D eigenvalue weighted by molar-refractivity contribution is 7.12. The molecule has 0 radical (unpaired) electrons. The number of aliphatic hydroxyl groups excluding tert-OH is 1. The molecule has 0 atom stereocenters. The Morgan fingerprint density at radius 3 is 2.71 bits per heavy atom. The van der Waals surface area contributed by atoms with E-state index in [-0.39, 0.29) is 24.6 Å². The number of halogens is 1. The average Bonchev–Trinajstić information content (AvgIpc) is 2.70. The predicted octanol–water partition coefficient (Wildman–Crippen LogP) is 2.44. The van der Waals surface area contributed by atoms with E-state index in [0.29, 0.717) is 0 Å². The quantitative estimate of drug-likeness (QED) is 0.866. The topological polar surface area (TPSA) is 56.0 Å². The van der Waals surface area contributed by atoms with Gasteiger partial charge in [0.05, 0.1) is 0 Å². The number of aliphatic hydroxyl groups is 1. The Morgan fingerprint density at radius 1 is 1.47 bits per heavy atom. The van der Waals surface area contributed by atoms with Crippen molar-refractivity contribution >= 4 is 23.7 Å². The number of hydrogen-bond donors (Lipinski definition) is 2. The second-order valence-electron chi connectivity index (χ2n) is 4.34. The third-order valence-corrected chi connectivity index (χ3v) is 4.30. The van der Waals surface area contributed by atoms with Crippen LogP contribution in [0.4, 0.5) is 0 Å².